The van der Waals surface area contributed by atoms with Crippen molar-refractivity contribution in [2.75, 3.05) is 29.5 Å². The molecule has 5 nitrogen and oxygen atoms in total. The molecule has 0 spiro atoms. The van der Waals surface area contributed by atoms with Crippen LogP contribution in [0.2, 0.25) is 0 Å². The van der Waals surface area contributed by atoms with Gasteiger partial charge in [-0.3, -0.25) is 14.5 Å². The maximum absolute atomic E-state index is 13.3. The average molecular weight is 440 g/mol. The molecule has 30 heavy (non-hydrogen) atoms. The Morgan fingerprint density at radius 2 is 1.87 bits per heavy atom. The van der Waals surface area contributed by atoms with Crippen LogP contribution in [0.5, 0.6) is 0 Å². The van der Waals surface area contributed by atoms with Crippen LogP contribution >= 0.6 is 23.5 Å². The Labute approximate surface area is 185 Å². The van der Waals surface area contributed by atoms with Gasteiger partial charge in [0.2, 0.25) is 11.8 Å². The number of nitrogens with zero attached hydrogens (tertiary/aromatic N) is 3. The minimum Gasteiger partial charge on any atom is -0.301 e. The van der Waals surface area contributed by atoms with E-state index >= 15 is 0 Å². The molecule has 0 aromatic heterocycles. The van der Waals surface area contributed by atoms with E-state index < -0.39 is 0 Å². The maximum atomic E-state index is 13.3. The molecule has 0 saturated carbocycles. The van der Waals surface area contributed by atoms with E-state index in [0.29, 0.717) is 18.2 Å². The quantitative estimate of drug-likeness (QED) is 0.680. The van der Waals surface area contributed by atoms with E-state index in [1.807, 2.05) is 42.5 Å². The molecule has 2 heterocycles. The van der Waals surface area contributed by atoms with Crippen molar-refractivity contribution in [2.24, 2.45) is 4.99 Å². The predicted octanol–water partition coefficient (Wildman–Crippen LogP) is 4.90. The Bertz CT molecular complexity index is 990. The zero-order valence-electron chi connectivity index (χ0n) is 17.2. The van der Waals surface area contributed by atoms with Crippen LogP contribution in [0, 0.1) is 0 Å². The van der Waals surface area contributed by atoms with Crippen LogP contribution in [0.1, 0.15) is 31.7 Å². The number of carbonyl (C=O) groups excluding carboxylic acids is 2. The van der Waals surface area contributed by atoms with Gasteiger partial charge < -0.3 is 4.90 Å². The summed E-state index contributed by atoms with van der Waals surface area (Å²) in [6.07, 6.45) is 0.918. The number of carbonyl (C=O) groups is 2. The first-order valence-electron chi connectivity index (χ1n) is 10.2. The summed E-state index contributed by atoms with van der Waals surface area (Å²) < 4.78 is 0. The molecule has 2 aromatic rings. The smallest absolute Gasteiger partial charge is 0.248 e. The molecule has 0 radical (unpaired) electrons. The van der Waals surface area contributed by atoms with Crippen LogP contribution < -0.4 is 4.90 Å². The summed E-state index contributed by atoms with van der Waals surface area (Å²) in [5.41, 5.74) is 2.90. The van der Waals surface area contributed by atoms with E-state index in [2.05, 4.69) is 19.9 Å². The summed E-state index contributed by atoms with van der Waals surface area (Å²) in [6.45, 7) is 4.97. The third-order valence-corrected chi connectivity index (χ3v) is 7.28. The monoisotopic (exact) mass is 439 g/mol. The highest BCUT2D eigenvalue weighted by atomic mass is 32.2. The van der Waals surface area contributed by atoms with Gasteiger partial charge in [-0.2, -0.15) is 0 Å². The molecule has 156 valence electrons. The van der Waals surface area contributed by atoms with Crippen molar-refractivity contribution in [3.63, 3.8) is 0 Å². The number of para-hydroxylation sites is 2. The van der Waals surface area contributed by atoms with Gasteiger partial charge in [-0.15, -0.1) is 11.8 Å². The fourth-order valence-corrected chi connectivity index (χ4v) is 5.52. The van der Waals surface area contributed by atoms with Crippen molar-refractivity contribution < 1.29 is 9.59 Å². The molecule has 2 amide bonds. The second-order valence-corrected chi connectivity index (χ2v) is 9.67. The van der Waals surface area contributed by atoms with Gasteiger partial charge in [-0.05, 0) is 36.1 Å². The summed E-state index contributed by atoms with van der Waals surface area (Å²) in [5, 5.41) is 0.728. The zero-order chi connectivity index (χ0) is 21.1. The standard InChI is InChI=1S/C23H25N3O2S2/c1-16(2)17-8-3-4-9-18(17)24-23-25(12-7-13-29-23)21(27)14-26-19-10-5-6-11-20(19)30-15-22(26)28/h3-6,8-11,16H,7,12-15H2,1-2H3. The van der Waals surface area contributed by atoms with Crippen molar-refractivity contribution in [2.45, 2.75) is 31.1 Å². The molecule has 7 heteroatoms. The molecule has 0 bridgehead atoms. The van der Waals surface area contributed by atoms with Crippen LogP contribution in [-0.2, 0) is 9.59 Å². The zero-order valence-corrected chi connectivity index (χ0v) is 18.8. The minimum absolute atomic E-state index is 0.0274. The molecule has 0 atom stereocenters. The number of fused-ring (bicyclic) bond motifs is 1. The van der Waals surface area contributed by atoms with Crippen LogP contribution in [0.4, 0.5) is 11.4 Å². The Hall–Kier alpha value is -2.25. The molecule has 2 aliphatic rings. The van der Waals surface area contributed by atoms with Crippen molar-refractivity contribution in [1.82, 2.24) is 4.90 Å². The van der Waals surface area contributed by atoms with Crippen LogP contribution in [0.25, 0.3) is 0 Å². The number of aliphatic imine (C=N–C) groups is 1. The molecule has 0 aliphatic carbocycles. The second kappa shape index (κ2) is 9.27. The Balaban J connectivity index is 1.60. The number of hydrogen-bond donors (Lipinski definition) is 0. The Morgan fingerprint density at radius 1 is 1.10 bits per heavy atom. The minimum atomic E-state index is -0.0852. The van der Waals surface area contributed by atoms with Crippen LogP contribution in [-0.4, -0.2) is 46.5 Å². The Morgan fingerprint density at radius 3 is 2.70 bits per heavy atom. The molecule has 2 aliphatic heterocycles. The highest BCUT2D eigenvalue weighted by Crippen LogP contribution is 2.35. The van der Waals surface area contributed by atoms with Crippen LogP contribution in [0.3, 0.4) is 0 Å². The van der Waals surface area contributed by atoms with E-state index in [1.165, 1.54) is 17.3 Å². The molecule has 0 unspecified atom stereocenters. The van der Waals surface area contributed by atoms with Crippen molar-refractivity contribution >= 4 is 51.9 Å². The summed E-state index contributed by atoms with van der Waals surface area (Å²) in [4.78, 5) is 35.1. The summed E-state index contributed by atoms with van der Waals surface area (Å²) in [5.74, 6) is 1.54. The number of rotatable bonds is 4. The number of amides is 2. The molecular weight excluding hydrogens is 414 g/mol. The van der Waals surface area contributed by atoms with E-state index in [4.69, 9.17) is 4.99 Å². The first kappa shape index (κ1) is 21.0. The number of anilines is 1. The van der Waals surface area contributed by atoms with E-state index in [1.54, 1.807) is 21.6 Å². The van der Waals surface area contributed by atoms with Gasteiger partial charge >= 0.3 is 0 Å². The SMILES string of the molecule is CC(C)c1ccccc1N=C1SCCCN1C(=O)CN1C(=O)CSc2ccccc21. The number of thioether (sulfide) groups is 2. The molecule has 4 rings (SSSR count). The van der Waals surface area contributed by atoms with Gasteiger partial charge in [0.1, 0.15) is 6.54 Å². The summed E-state index contributed by atoms with van der Waals surface area (Å²) in [6, 6.07) is 15.9. The average Bonchev–Trinajstić information content (AvgIpc) is 2.76. The largest absolute Gasteiger partial charge is 0.301 e. The molecular formula is C23H25N3O2S2. The van der Waals surface area contributed by atoms with Crippen molar-refractivity contribution in [3.8, 4) is 0 Å². The van der Waals surface area contributed by atoms with Gasteiger partial charge in [0.05, 0.1) is 17.1 Å². The van der Waals surface area contributed by atoms with Gasteiger partial charge in [0.25, 0.3) is 0 Å². The molecule has 2 aromatic carbocycles. The lowest BCUT2D eigenvalue weighted by Gasteiger charge is -2.32. The first-order chi connectivity index (χ1) is 14.5. The Kier molecular flexibility index (Phi) is 6.49. The van der Waals surface area contributed by atoms with Crippen molar-refractivity contribution in [3.05, 3.63) is 54.1 Å². The third-order valence-electron chi connectivity index (χ3n) is 5.17. The third kappa shape index (κ3) is 4.42. The first-order valence-corrected chi connectivity index (χ1v) is 12.1. The lowest BCUT2D eigenvalue weighted by molar-refractivity contribution is -0.127. The highest BCUT2D eigenvalue weighted by molar-refractivity contribution is 8.13. The van der Waals surface area contributed by atoms with E-state index in [9.17, 15) is 9.59 Å². The normalized spacial score (nSPS) is 18.1. The highest BCUT2D eigenvalue weighted by Gasteiger charge is 2.30. The van der Waals surface area contributed by atoms with Gasteiger partial charge in [0.15, 0.2) is 5.17 Å². The topological polar surface area (TPSA) is 53.0 Å². The van der Waals surface area contributed by atoms with Gasteiger partial charge in [-0.25, -0.2) is 4.99 Å². The summed E-state index contributed by atoms with van der Waals surface area (Å²) in [7, 11) is 0. The van der Waals surface area contributed by atoms with Crippen molar-refractivity contribution in [1.29, 1.82) is 0 Å². The lowest BCUT2D eigenvalue weighted by Crippen LogP contribution is -2.47. The van der Waals surface area contributed by atoms with E-state index in [0.717, 1.165) is 33.6 Å². The number of amidine groups is 1. The molecule has 0 N–H and O–H groups in total. The number of hydrogen-bond acceptors (Lipinski definition) is 5. The molecule has 1 saturated heterocycles. The summed E-state index contributed by atoms with van der Waals surface area (Å²) >= 11 is 3.14. The van der Waals surface area contributed by atoms with E-state index in [-0.39, 0.29) is 18.4 Å². The fourth-order valence-electron chi connectivity index (χ4n) is 3.61. The van der Waals surface area contributed by atoms with Crippen LogP contribution in [0.15, 0.2) is 58.4 Å². The molecule has 1 fully saturated rings. The second-order valence-electron chi connectivity index (χ2n) is 7.59. The lowest BCUT2D eigenvalue weighted by atomic mass is 10.0. The predicted molar refractivity (Wildman–Crippen MR) is 126 cm³/mol. The fraction of sp³-hybridized carbons (Fsp3) is 0.348. The van der Waals surface area contributed by atoms with Gasteiger partial charge in [0, 0.05) is 17.2 Å². The van der Waals surface area contributed by atoms with Gasteiger partial charge in [-0.1, -0.05) is 55.9 Å². The maximum Gasteiger partial charge on any atom is 0.248 e. The number of benzene rings is 2.